The Kier molecular flexibility index (Phi) is 8.16. The number of benzene rings is 1. The van der Waals surface area contributed by atoms with Crippen molar-refractivity contribution < 1.29 is 14.7 Å². The molecule has 4 rings (SSSR count). The van der Waals surface area contributed by atoms with Crippen molar-refractivity contribution in [2.45, 2.75) is 44.7 Å². The Morgan fingerprint density at radius 3 is 2.25 bits per heavy atom. The maximum absolute atomic E-state index is 12.7. The van der Waals surface area contributed by atoms with E-state index in [9.17, 15) is 9.59 Å². The van der Waals surface area contributed by atoms with Crippen molar-refractivity contribution in [1.82, 2.24) is 19.6 Å². The lowest BCUT2D eigenvalue weighted by Crippen LogP contribution is -2.52. The molecule has 0 aliphatic carbocycles. The van der Waals surface area contributed by atoms with Crippen LogP contribution in [0.25, 0.3) is 0 Å². The predicted octanol–water partition coefficient (Wildman–Crippen LogP) is 1.98. The molecule has 3 heterocycles. The minimum Gasteiger partial charge on any atom is -0.480 e. The van der Waals surface area contributed by atoms with Gasteiger partial charge < -0.3 is 10.0 Å². The molecule has 1 unspecified atom stereocenters. The van der Waals surface area contributed by atoms with Crippen LogP contribution in [0.4, 0.5) is 0 Å². The molecule has 1 amide bonds. The topological polar surface area (TPSA) is 67.3 Å². The number of carboxylic acid groups (broad SMARTS) is 1. The maximum atomic E-state index is 12.7. The fourth-order valence-corrected chi connectivity index (χ4v) is 5.54. The maximum Gasteiger partial charge on any atom is 0.317 e. The fourth-order valence-electron chi connectivity index (χ4n) is 5.54. The number of piperidine rings is 1. The SMILES string of the molecule is O=C(O)CN1CCC(CCC(=O)N2CCN(C3CCN(Cc4ccccc4)C3)CC2)CC1. The Labute approximate surface area is 192 Å². The van der Waals surface area contributed by atoms with Crippen molar-refractivity contribution in [3.05, 3.63) is 35.9 Å². The molecular formula is C25H38N4O3. The lowest BCUT2D eigenvalue weighted by atomic mass is 9.92. The average molecular weight is 443 g/mol. The van der Waals surface area contributed by atoms with Gasteiger partial charge in [-0.1, -0.05) is 30.3 Å². The first-order valence-corrected chi connectivity index (χ1v) is 12.3. The van der Waals surface area contributed by atoms with Crippen LogP contribution in [0.15, 0.2) is 30.3 Å². The number of rotatable bonds is 8. The average Bonchev–Trinajstić information content (AvgIpc) is 3.27. The summed E-state index contributed by atoms with van der Waals surface area (Å²) in [4.78, 5) is 32.8. The van der Waals surface area contributed by atoms with E-state index in [1.807, 2.05) is 4.90 Å². The normalized spacial score (nSPS) is 24.1. The molecule has 7 nitrogen and oxygen atoms in total. The van der Waals surface area contributed by atoms with Crippen LogP contribution in [0.3, 0.4) is 0 Å². The molecule has 32 heavy (non-hydrogen) atoms. The van der Waals surface area contributed by atoms with Gasteiger partial charge in [-0.3, -0.25) is 24.3 Å². The Hall–Kier alpha value is -1.96. The van der Waals surface area contributed by atoms with Crippen LogP contribution < -0.4 is 0 Å². The van der Waals surface area contributed by atoms with Crippen LogP contribution in [0.1, 0.15) is 37.7 Å². The number of carboxylic acids is 1. The molecule has 0 spiro atoms. The third-order valence-electron chi connectivity index (χ3n) is 7.51. The molecule has 3 saturated heterocycles. The molecule has 0 bridgehead atoms. The highest BCUT2D eigenvalue weighted by Gasteiger charge is 2.31. The van der Waals surface area contributed by atoms with Crippen molar-refractivity contribution in [2.75, 3.05) is 58.9 Å². The van der Waals surface area contributed by atoms with Crippen LogP contribution in [-0.2, 0) is 16.1 Å². The van der Waals surface area contributed by atoms with Gasteiger partial charge in [0.05, 0.1) is 6.54 Å². The van der Waals surface area contributed by atoms with E-state index < -0.39 is 5.97 Å². The van der Waals surface area contributed by atoms with Crippen LogP contribution >= 0.6 is 0 Å². The summed E-state index contributed by atoms with van der Waals surface area (Å²) >= 11 is 0. The molecule has 3 aliphatic rings. The van der Waals surface area contributed by atoms with Gasteiger partial charge in [-0.05, 0) is 50.3 Å². The van der Waals surface area contributed by atoms with E-state index in [-0.39, 0.29) is 6.54 Å². The van der Waals surface area contributed by atoms with E-state index in [0.717, 1.165) is 78.2 Å². The van der Waals surface area contributed by atoms with Gasteiger partial charge in [-0.2, -0.15) is 0 Å². The van der Waals surface area contributed by atoms with Gasteiger partial charge in [0.15, 0.2) is 0 Å². The van der Waals surface area contributed by atoms with Crippen LogP contribution in [-0.4, -0.2) is 102 Å². The largest absolute Gasteiger partial charge is 0.480 e. The first-order chi connectivity index (χ1) is 15.6. The summed E-state index contributed by atoms with van der Waals surface area (Å²) in [6.07, 6.45) is 4.82. The molecule has 1 aromatic carbocycles. The molecule has 1 aromatic rings. The minimum absolute atomic E-state index is 0.140. The second-order valence-corrected chi connectivity index (χ2v) is 9.73. The molecule has 3 fully saturated rings. The molecule has 0 radical (unpaired) electrons. The Balaban J connectivity index is 1.12. The molecule has 7 heteroatoms. The number of nitrogens with zero attached hydrogens (tertiary/aromatic N) is 4. The quantitative estimate of drug-likeness (QED) is 0.664. The summed E-state index contributed by atoms with van der Waals surface area (Å²) in [7, 11) is 0. The standard InChI is InChI=1S/C25H38N4O3/c30-24(7-6-21-8-11-26(12-9-21)20-25(31)32)29-16-14-28(15-17-29)23-10-13-27(19-23)18-22-4-2-1-3-5-22/h1-5,21,23H,6-20H2,(H,31,32). The summed E-state index contributed by atoms with van der Waals surface area (Å²) in [5, 5.41) is 8.92. The van der Waals surface area contributed by atoms with Crippen molar-refractivity contribution in [3.8, 4) is 0 Å². The van der Waals surface area contributed by atoms with Gasteiger partial charge in [-0.25, -0.2) is 0 Å². The highest BCUT2D eigenvalue weighted by Crippen LogP contribution is 2.23. The van der Waals surface area contributed by atoms with E-state index >= 15 is 0 Å². The van der Waals surface area contributed by atoms with Crippen molar-refractivity contribution in [3.63, 3.8) is 0 Å². The number of carbonyl (C=O) groups is 2. The van der Waals surface area contributed by atoms with Gasteiger partial charge in [0.1, 0.15) is 0 Å². The monoisotopic (exact) mass is 442 g/mol. The summed E-state index contributed by atoms with van der Waals surface area (Å²) in [6.45, 7) is 8.82. The van der Waals surface area contributed by atoms with Crippen LogP contribution in [0, 0.1) is 5.92 Å². The van der Waals surface area contributed by atoms with E-state index in [1.54, 1.807) is 0 Å². The number of aliphatic carboxylic acids is 1. The summed E-state index contributed by atoms with van der Waals surface area (Å²) in [6, 6.07) is 11.3. The van der Waals surface area contributed by atoms with Crippen molar-refractivity contribution in [2.24, 2.45) is 5.92 Å². The molecule has 0 saturated carbocycles. The van der Waals surface area contributed by atoms with Gasteiger partial charge in [0, 0.05) is 58.3 Å². The summed E-state index contributed by atoms with van der Waals surface area (Å²) in [5.74, 6) is 0.105. The molecule has 1 atom stereocenters. The molecule has 176 valence electrons. The molecule has 3 aliphatic heterocycles. The Morgan fingerprint density at radius 1 is 0.875 bits per heavy atom. The highest BCUT2D eigenvalue weighted by atomic mass is 16.4. The van der Waals surface area contributed by atoms with Crippen molar-refractivity contribution in [1.29, 1.82) is 0 Å². The summed E-state index contributed by atoms with van der Waals surface area (Å²) in [5.41, 5.74) is 1.39. The lowest BCUT2D eigenvalue weighted by Gasteiger charge is -2.38. The van der Waals surface area contributed by atoms with E-state index in [0.29, 0.717) is 24.3 Å². The first kappa shape index (κ1) is 23.2. The van der Waals surface area contributed by atoms with Gasteiger partial charge >= 0.3 is 5.97 Å². The zero-order valence-corrected chi connectivity index (χ0v) is 19.2. The lowest BCUT2D eigenvalue weighted by molar-refractivity contribution is -0.138. The smallest absolute Gasteiger partial charge is 0.317 e. The zero-order valence-electron chi connectivity index (χ0n) is 19.2. The molecular weight excluding hydrogens is 404 g/mol. The number of hydrogen-bond donors (Lipinski definition) is 1. The Morgan fingerprint density at radius 2 is 1.56 bits per heavy atom. The molecule has 0 aromatic heterocycles. The molecule has 1 N–H and O–H groups in total. The number of likely N-dealkylation sites (tertiary alicyclic amines) is 2. The fraction of sp³-hybridized carbons (Fsp3) is 0.680. The Bertz CT molecular complexity index is 743. The van der Waals surface area contributed by atoms with Gasteiger partial charge in [-0.15, -0.1) is 0 Å². The minimum atomic E-state index is -0.751. The summed E-state index contributed by atoms with van der Waals surface area (Å²) < 4.78 is 0. The number of piperazine rings is 1. The van der Waals surface area contributed by atoms with E-state index in [1.165, 1.54) is 12.0 Å². The van der Waals surface area contributed by atoms with Crippen molar-refractivity contribution >= 4 is 11.9 Å². The number of hydrogen-bond acceptors (Lipinski definition) is 5. The second kappa shape index (κ2) is 11.3. The number of amides is 1. The van der Waals surface area contributed by atoms with Gasteiger partial charge in [0.25, 0.3) is 0 Å². The first-order valence-electron chi connectivity index (χ1n) is 12.3. The van der Waals surface area contributed by atoms with Crippen LogP contribution in [0.5, 0.6) is 0 Å². The van der Waals surface area contributed by atoms with Crippen LogP contribution in [0.2, 0.25) is 0 Å². The third kappa shape index (κ3) is 6.53. The zero-order chi connectivity index (χ0) is 22.3. The van der Waals surface area contributed by atoms with E-state index in [2.05, 4.69) is 45.0 Å². The predicted molar refractivity (Wildman–Crippen MR) is 124 cm³/mol. The second-order valence-electron chi connectivity index (χ2n) is 9.73. The third-order valence-corrected chi connectivity index (χ3v) is 7.51. The van der Waals surface area contributed by atoms with Gasteiger partial charge in [0.2, 0.25) is 5.91 Å². The van der Waals surface area contributed by atoms with E-state index in [4.69, 9.17) is 5.11 Å². The number of carbonyl (C=O) groups excluding carboxylic acids is 1. The highest BCUT2D eigenvalue weighted by molar-refractivity contribution is 5.76.